The zero-order valence-electron chi connectivity index (χ0n) is 12.1. The van der Waals surface area contributed by atoms with Gasteiger partial charge >= 0.3 is 0 Å². The van der Waals surface area contributed by atoms with Gasteiger partial charge in [0.25, 0.3) is 11.6 Å². The summed E-state index contributed by atoms with van der Waals surface area (Å²) in [6.45, 7) is 6.99. The Morgan fingerprint density at radius 1 is 1.19 bits per heavy atom. The molecular formula is C14H19N5O2. The lowest BCUT2D eigenvalue weighted by Gasteiger charge is -2.33. The van der Waals surface area contributed by atoms with Gasteiger partial charge in [-0.25, -0.2) is 9.67 Å². The zero-order valence-corrected chi connectivity index (χ0v) is 12.1. The Hall–Kier alpha value is -2.15. The maximum Gasteiger partial charge on any atom is 0.297 e. The minimum absolute atomic E-state index is 0.0426. The summed E-state index contributed by atoms with van der Waals surface area (Å²) in [5, 5.41) is 4.25. The molecule has 1 aliphatic heterocycles. The molecule has 112 valence electrons. The van der Waals surface area contributed by atoms with Crippen molar-refractivity contribution in [1.82, 2.24) is 19.7 Å². The van der Waals surface area contributed by atoms with Crippen molar-refractivity contribution in [3.8, 4) is 0 Å². The number of aryl methyl sites for hydroxylation is 1. The van der Waals surface area contributed by atoms with E-state index in [1.807, 2.05) is 6.92 Å². The van der Waals surface area contributed by atoms with Crippen LogP contribution in [0.5, 0.6) is 0 Å². The van der Waals surface area contributed by atoms with Gasteiger partial charge in [0, 0.05) is 38.8 Å². The zero-order chi connectivity index (χ0) is 14.7. The van der Waals surface area contributed by atoms with Crippen LogP contribution in [0.1, 0.15) is 5.69 Å². The molecule has 2 aromatic rings. The summed E-state index contributed by atoms with van der Waals surface area (Å²) in [4.78, 5) is 20.3. The third-order valence-corrected chi connectivity index (χ3v) is 3.69. The van der Waals surface area contributed by atoms with Gasteiger partial charge in [-0.15, -0.1) is 0 Å². The Morgan fingerprint density at radius 3 is 2.71 bits per heavy atom. The van der Waals surface area contributed by atoms with Crippen molar-refractivity contribution in [3.05, 3.63) is 40.6 Å². The van der Waals surface area contributed by atoms with Gasteiger partial charge < -0.3 is 9.32 Å². The molecule has 1 aliphatic rings. The summed E-state index contributed by atoms with van der Waals surface area (Å²) in [6.07, 6.45) is 3.26. The molecule has 0 bridgehead atoms. The second kappa shape index (κ2) is 6.09. The van der Waals surface area contributed by atoms with Crippen molar-refractivity contribution in [2.24, 2.45) is 0 Å². The lowest BCUT2D eigenvalue weighted by atomic mass is 10.3. The molecule has 0 spiro atoms. The van der Waals surface area contributed by atoms with Crippen LogP contribution in [0.3, 0.4) is 0 Å². The molecule has 0 saturated carbocycles. The van der Waals surface area contributed by atoms with E-state index in [9.17, 15) is 4.79 Å². The predicted molar refractivity (Wildman–Crippen MR) is 78.4 cm³/mol. The predicted octanol–water partition coefficient (Wildman–Crippen LogP) is 0.362. The number of hydrogen-bond donors (Lipinski definition) is 0. The van der Waals surface area contributed by atoms with Gasteiger partial charge in [-0.05, 0) is 13.0 Å². The Morgan fingerprint density at radius 2 is 2.00 bits per heavy atom. The molecule has 0 radical (unpaired) electrons. The second-order valence-corrected chi connectivity index (χ2v) is 5.18. The summed E-state index contributed by atoms with van der Waals surface area (Å²) < 4.78 is 6.84. The molecule has 3 rings (SSSR count). The molecule has 0 aliphatic carbocycles. The monoisotopic (exact) mass is 289 g/mol. The van der Waals surface area contributed by atoms with E-state index in [2.05, 4.69) is 19.9 Å². The number of anilines is 1. The summed E-state index contributed by atoms with van der Waals surface area (Å²) in [5.41, 5.74) is 0.822. The molecule has 21 heavy (non-hydrogen) atoms. The molecular weight excluding hydrogens is 270 g/mol. The molecule has 7 nitrogen and oxygen atoms in total. The van der Waals surface area contributed by atoms with E-state index >= 15 is 0 Å². The average Bonchev–Trinajstić information content (AvgIpc) is 3.03. The van der Waals surface area contributed by atoms with Gasteiger partial charge in [0.1, 0.15) is 6.26 Å². The van der Waals surface area contributed by atoms with Crippen LogP contribution in [0.25, 0.3) is 0 Å². The molecule has 0 unspecified atom stereocenters. The Kier molecular flexibility index (Phi) is 4.01. The van der Waals surface area contributed by atoms with Crippen LogP contribution >= 0.6 is 0 Å². The molecule has 1 saturated heterocycles. The minimum atomic E-state index is -0.0426. The highest BCUT2D eigenvalue weighted by molar-refractivity contribution is 5.25. The molecule has 0 aromatic carbocycles. The number of rotatable bonds is 4. The van der Waals surface area contributed by atoms with E-state index in [0.717, 1.165) is 38.4 Å². The van der Waals surface area contributed by atoms with Crippen LogP contribution in [0.4, 0.5) is 6.01 Å². The first-order chi connectivity index (χ1) is 10.2. The van der Waals surface area contributed by atoms with Crippen LogP contribution in [0.2, 0.25) is 0 Å². The van der Waals surface area contributed by atoms with E-state index in [1.54, 1.807) is 24.6 Å². The number of piperazine rings is 1. The molecule has 0 N–H and O–H groups in total. The fourth-order valence-corrected chi connectivity index (χ4v) is 2.48. The summed E-state index contributed by atoms with van der Waals surface area (Å²) in [7, 11) is 0. The van der Waals surface area contributed by atoms with E-state index in [4.69, 9.17) is 4.42 Å². The van der Waals surface area contributed by atoms with Crippen molar-refractivity contribution in [2.45, 2.75) is 13.5 Å². The second-order valence-electron chi connectivity index (χ2n) is 5.18. The van der Waals surface area contributed by atoms with Crippen molar-refractivity contribution in [3.63, 3.8) is 0 Å². The molecule has 2 aromatic heterocycles. The number of aromatic nitrogens is 3. The van der Waals surface area contributed by atoms with E-state index in [-0.39, 0.29) is 5.56 Å². The third kappa shape index (κ3) is 3.30. The molecule has 7 heteroatoms. The lowest BCUT2D eigenvalue weighted by Crippen LogP contribution is -2.47. The fourth-order valence-electron chi connectivity index (χ4n) is 2.48. The Balaban J connectivity index is 1.52. The van der Waals surface area contributed by atoms with Gasteiger partial charge in [-0.1, -0.05) is 0 Å². The van der Waals surface area contributed by atoms with Crippen molar-refractivity contribution in [1.29, 1.82) is 0 Å². The SMILES string of the molecule is Cc1ccc(=O)n(CCN2CCN(c3ncco3)CC2)n1. The maximum atomic E-state index is 11.7. The smallest absolute Gasteiger partial charge is 0.297 e. The first kappa shape index (κ1) is 13.8. The van der Waals surface area contributed by atoms with Crippen molar-refractivity contribution in [2.75, 3.05) is 37.6 Å². The Bertz CT molecular complexity index is 629. The molecule has 3 heterocycles. The lowest BCUT2D eigenvalue weighted by molar-refractivity contribution is 0.238. The van der Waals surface area contributed by atoms with E-state index in [0.29, 0.717) is 12.6 Å². The van der Waals surface area contributed by atoms with Gasteiger partial charge in [0.05, 0.1) is 18.4 Å². The topological polar surface area (TPSA) is 67.4 Å². The number of oxazole rings is 1. The normalized spacial score (nSPS) is 16.3. The first-order valence-corrected chi connectivity index (χ1v) is 7.14. The van der Waals surface area contributed by atoms with Crippen LogP contribution in [-0.4, -0.2) is 52.4 Å². The molecule has 0 atom stereocenters. The van der Waals surface area contributed by atoms with Crippen molar-refractivity contribution < 1.29 is 4.42 Å². The van der Waals surface area contributed by atoms with Crippen LogP contribution < -0.4 is 10.5 Å². The number of nitrogens with zero attached hydrogens (tertiary/aromatic N) is 5. The summed E-state index contributed by atoms with van der Waals surface area (Å²) in [5.74, 6) is 0. The van der Waals surface area contributed by atoms with Gasteiger partial charge in [0.2, 0.25) is 0 Å². The largest absolute Gasteiger partial charge is 0.432 e. The highest BCUT2D eigenvalue weighted by Gasteiger charge is 2.19. The van der Waals surface area contributed by atoms with Crippen LogP contribution in [0.15, 0.2) is 33.8 Å². The maximum absolute atomic E-state index is 11.7. The summed E-state index contributed by atoms with van der Waals surface area (Å²) in [6, 6.07) is 4.00. The van der Waals surface area contributed by atoms with E-state index < -0.39 is 0 Å². The highest BCUT2D eigenvalue weighted by Crippen LogP contribution is 2.12. The molecule has 0 amide bonds. The van der Waals surface area contributed by atoms with Crippen molar-refractivity contribution >= 4 is 6.01 Å². The standard InChI is InChI=1S/C14H19N5O2/c1-12-2-3-13(20)19(16-12)10-7-17-5-8-18(9-6-17)14-15-4-11-21-14/h2-4,11H,5-10H2,1H3. The average molecular weight is 289 g/mol. The highest BCUT2D eigenvalue weighted by atomic mass is 16.4. The van der Waals surface area contributed by atoms with Crippen LogP contribution in [0, 0.1) is 6.92 Å². The van der Waals surface area contributed by atoms with Crippen LogP contribution in [-0.2, 0) is 6.54 Å². The van der Waals surface area contributed by atoms with Gasteiger partial charge in [-0.3, -0.25) is 9.69 Å². The number of hydrogen-bond acceptors (Lipinski definition) is 6. The minimum Gasteiger partial charge on any atom is -0.432 e. The summed E-state index contributed by atoms with van der Waals surface area (Å²) >= 11 is 0. The fraction of sp³-hybridized carbons (Fsp3) is 0.500. The quantitative estimate of drug-likeness (QED) is 0.809. The molecule has 1 fully saturated rings. The Labute approximate surface area is 122 Å². The first-order valence-electron chi connectivity index (χ1n) is 7.14. The van der Waals surface area contributed by atoms with E-state index in [1.165, 1.54) is 4.68 Å². The van der Waals surface area contributed by atoms with Gasteiger partial charge in [0.15, 0.2) is 0 Å². The third-order valence-electron chi connectivity index (χ3n) is 3.69. The van der Waals surface area contributed by atoms with Gasteiger partial charge in [-0.2, -0.15) is 5.10 Å².